The van der Waals surface area contributed by atoms with Gasteiger partial charge in [-0.1, -0.05) is 12.1 Å². The van der Waals surface area contributed by atoms with Crippen LogP contribution in [0.2, 0.25) is 0 Å². The lowest BCUT2D eigenvalue weighted by atomic mass is 10.0. The van der Waals surface area contributed by atoms with E-state index in [1.807, 2.05) is 0 Å². The predicted octanol–water partition coefficient (Wildman–Crippen LogP) is -1.92. The van der Waals surface area contributed by atoms with Crippen LogP contribution >= 0.6 is 0 Å². The van der Waals surface area contributed by atoms with Crippen LogP contribution in [0.4, 0.5) is 0 Å². The van der Waals surface area contributed by atoms with Crippen molar-refractivity contribution in [3.05, 3.63) is 29.8 Å². The van der Waals surface area contributed by atoms with Gasteiger partial charge in [0.2, 0.25) is 17.7 Å². The minimum absolute atomic E-state index is 0.0146. The number of carboxylic acids is 2. The summed E-state index contributed by atoms with van der Waals surface area (Å²) in [6.07, 6.45) is 0.501. The van der Waals surface area contributed by atoms with E-state index in [0.717, 1.165) is 6.42 Å². The maximum absolute atomic E-state index is 13.0. The summed E-state index contributed by atoms with van der Waals surface area (Å²) < 4.78 is 0. The molecule has 1 aliphatic rings. The molecular weight excluding hydrogens is 464 g/mol. The first-order valence-electron chi connectivity index (χ1n) is 11.1. The molecule has 8 N–H and O–H groups in total. The third-order valence-electron chi connectivity index (χ3n) is 5.46. The Morgan fingerprint density at radius 3 is 2.11 bits per heavy atom. The fraction of sp³-hybridized carbons (Fsp3) is 0.500. The van der Waals surface area contributed by atoms with Gasteiger partial charge in [-0.25, -0.2) is 4.79 Å². The quantitative estimate of drug-likeness (QED) is 0.152. The van der Waals surface area contributed by atoms with Gasteiger partial charge in [0.25, 0.3) is 0 Å². The van der Waals surface area contributed by atoms with Gasteiger partial charge in [0, 0.05) is 12.8 Å². The molecule has 0 aliphatic carbocycles. The van der Waals surface area contributed by atoms with Gasteiger partial charge < -0.3 is 41.7 Å². The smallest absolute Gasteiger partial charge is 0.326 e. The highest BCUT2D eigenvalue weighted by atomic mass is 16.4. The summed E-state index contributed by atoms with van der Waals surface area (Å²) in [6, 6.07) is 1.25. The number of nitrogens with one attached hydrogen (secondary N) is 4. The van der Waals surface area contributed by atoms with Crippen LogP contribution < -0.4 is 21.3 Å². The summed E-state index contributed by atoms with van der Waals surface area (Å²) in [5.74, 6) is -4.93. The second-order valence-corrected chi connectivity index (χ2v) is 8.16. The van der Waals surface area contributed by atoms with Crippen LogP contribution in [0.1, 0.15) is 31.2 Å². The average Bonchev–Trinajstić information content (AvgIpc) is 3.35. The first-order chi connectivity index (χ1) is 16.6. The molecule has 1 aromatic carbocycles. The Morgan fingerprint density at radius 1 is 0.943 bits per heavy atom. The van der Waals surface area contributed by atoms with Crippen LogP contribution in [0.5, 0.6) is 5.75 Å². The molecule has 3 amide bonds. The fourth-order valence-corrected chi connectivity index (χ4v) is 3.52. The molecule has 192 valence electrons. The predicted molar refractivity (Wildman–Crippen MR) is 120 cm³/mol. The number of phenols is 1. The van der Waals surface area contributed by atoms with Gasteiger partial charge in [0.1, 0.15) is 23.9 Å². The summed E-state index contributed by atoms with van der Waals surface area (Å²) in [5.41, 5.74) is 0.604. The molecule has 1 fully saturated rings. The number of carbonyl (C=O) groups excluding carboxylic acids is 3. The Bertz CT molecular complexity index is 916. The van der Waals surface area contributed by atoms with Crippen LogP contribution in [0.3, 0.4) is 0 Å². The number of rotatable bonds is 13. The Kier molecular flexibility index (Phi) is 10.4. The van der Waals surface area contributed by atoms with Crippen molar-refractivity contribution in [3.8, 4) is 5.75 Å². The largest absolute Gasteiger partial charge is 0.508 e. The molecule has 2 rings (SSSR count). The van der Waals surface area contributed by atoms with Crippen molar-refractivity contribution in [1.82, 2.24) is 21.3 Å². The van der Waals surface area contributed by atoms with Crippen LogP contribution in [-0.4, -0.2) is 87.4 Å². The second-order valence-electron chi connectivity index (χ2n) is 8.16. The Balaban J connectivity index is 2.10. The van der Waals surface area contributed by atoms with E-state index in [2.05, 4.69) is 21.3 Å². The van der Waals surface area contributed by atoms with Gasteiger partial charge in [-0.3, -0.25) is 19.2 Å². The van der Waals surface area contributed by atoms with Crippen molar-refractivity contribution in [2.45, 2.75) is 56.3 Å². The molecule has 4 unspecified atom stereocenters. The zero-order valence-electron chi connectivity index (χ0n) is 18.9. The highest BCUT2D eigenvalue weighted by molar-refractivity contribution is 5.94. The zero-order valence-corrected chi connectivity index (χ0v) is 18.9. The summed E-state index contributed by atoms with van der Waals surface area (Å²) in [5, 5.41) is 47.1. The SMILES string of the molecule is O=C(O)CCC(NC(=O)C(CO)NC(=O)C(Cc1ccc(O)cc1)NC(=O)C1CCCN1)C(=O)O. The lowest BCUT2D eigenvalue weighted by Gasteiger charge is -2.24. The Labute approximate surface area is 200 Å². The fourth-order valence-electron chi connectivity index (χ4n) is 3.52. The molecule has 0 aromatic heterocycles. The van der Waals surface area contributed by atoms with Gasteiger partial charge in [-0.2, -0.15) is 0 Å². The van der Waals surface area contributed by atoms with Crippen LogP contribution in [0.25, 0.3) is 0 Å². The topological polar surface area (TPSA) is 214 Å². The van der Waals surface area contributed by atoms with E-state index in [9.17, 15) is 39.3 Å². The lowest BCUT2D eigenvalue weighted by Crippen LogP contribution is -2.58. The molecule has 0 spiro atoms. The number of hydrogen-bond acceptors (Lipinski definition) is 8. The van der Waals surface area contributed by atoms with Crippen molar-refractivity contribution in [2.75, 3.05) is 13.2 Å². The summed E-state index contributed by atoms with van der Waals surface area (Å²) >= 11 is 0. The minimum atomic E-state index is -1.54. The molecule has 35 heavy (non-hydrogen) atoms. The molecule has 1 heterocycles. The number of benzene rings is 1. The number of hydrogen-bond donors (Lipinski definition) is 8. The summed E-state index contributed by atoms with van der Waals surface area (Å²) in [7, 11) is 0. The molecule has 1 saturated heterocycles. The van der Waals surface area contributed by atoms with E-state index in [1.165, 1.54) is 12.1 Å². The van der Waals surface area contributed by atoms with E-state index in [0.29, 0.717) is 18.5 Å². The van der Waals surface area contributed by atoms with E-state index in [1.54, 1.807) is 12.1 Å². The Hall–Kier alpha value is -3.71. The zero-order chi connectivity index (χ0) is 26.0. The molecule has 13 nitrogen and oxygen atoms in total. The number of amides is 3. The molecule has 1 aliphatic heterocycles. The van der Waals surface area contributed by atoms with Crippen molar-refractivity contribution >= 4 is 29.7 Å². The first kappa shape index (κ1) is 27.5. The molecule has 1 aromatic rings. The number of carboxylic acid groups (broad SMARTS) is 2. The molecule has 13 heteroatoms. The highest BCUT2D eigenvalue weighted by Gasteiger charge is 2.31. The highest BCUT2D eigenvalue weighted by Crippen LogP contribution is 2.12. The van der Waals surface area contributed by atoms with Gasteiger partial charge >= 0.3 is 11.9 Å². The summed E-state index contributed by atoms with van der Waals surface area (Å²) in [6.45, 7) is -0.209. The third kappa shape index (κ3) is 8.87. The van der Waals surface area contributed by atoms with E-state index in [4.69, 9.17) is 5.11 Å². The van der Waals surface area contributed by atoms with Crippen molar-refractivity contribution in [1.29, 1.82) is 0 Å². The third-order valence-corrected chi connectivity index (χ3v) is 5.46. The van der Waals surface area contributed by atoms with Crippen molar-refractivity contribution in [3.63, 3.8) is 0 Å². The lowest BCUT2D eigenvalue weighted by molar-refractivity contribution is -0.143. The molecule has 0 bridgehead atoms. The number of aliphatic carboxylic acids is 2. The number of phenolic OH excluding ortho intramolecular Hbond substituents is 1. The molecule has 0 radical (unpaired) electrons. The van der Waals surface area contributed by atoms with E-state index in [-0.39, 0.29) is 12.2 Å². The van der Waals surface area contributed by atoms with Gasteiger partial charge in [-0.05, 0) is 43.5 Å². The van der Waals surface area contributed by atoms with Crippen molar-refractivity contribution < 1.29 is 44.4 Å². The second kappa shape index (κ2) is 13.2. The van der Waals surface area contributed by atoms with Gasteiger partial charge in [0.05, 0.1) is 12.6 Å². The van der Waals surface area contributed by atoms with Crippen LogP contribution in [0.15, 0.2) is 24.3 Å². The average molecular weight is 495 g/mol. The van der Waals surface area contributed by atoms with Crippen molar-refractivity contribution in [2.24, 2.45) is 0 Å². The molecule has 4 atom stereocenters. The monoisotopic (exact) mass is 494 g/mol. The van der Waals surface area contributed by atoms with E-state index >= 15 is 0 Å². The van der Waals surface area contributed by atoms with Crippen LogP contribution in [0, 0.1) is 0 Å². The maximum Gasteiger partial charge on any atom is 0.326 e. The number of aliphatic hydroxyl groups excluding tert-OH is 1. The summed E-state index contributed by atoms with van der Waals surface area (Å²) in [4.78, 5) is 60.1. The van der Waals surface area contributed by atoms with Gasteiger partial charge in [0.15, 0.2) is 0 Å². The standard InChI is InChI=1S/C22H30N4O9/c27-11-17(21(33)24-15(22(34)35)7-8-18(29)30)26-20(32)16(10-12-3-5-13(28)6-4-12)25-19(31)14-2-1-9-23-14/h3-6,14-17,23,27-28H,1-2,7-11H2,(H,24,33)(H,25,31)(H,26,32)(H,29,30)(H,34,35). The van der Waals surface area contributed by atoms with Crippen LogP contribution in [-0.2, 0) is 30.4 Å². The Morgan fingerprint density at radius 2 is 1.57 bits per heavy atom. The minimum Gasteiger partial charge on any atom is -0.508 e. The first-order valence-corrected chi connectivity index (χ1v) is 11.1. The number of carbonyl (C=O) groups is 5. The maximum atomic E-state index is 13.0. The molecular formula is C22H30N4O9. The number of aromatic hydroxyl groups is 1. The molecule has 0 saturated carbocycles. The van der Waals surface area contributed by atoms with Gasteiger partial charge in [-0.15, -0.1) is 0 Å². The normalized spacial score (nSPS) is 17.6. The number of aliphatic hydroxyl groups is 1. The van der Waals surface area contributed by atoms with E-state index < -0.39 is 73.3 Å².